The van der Waals surface area contributed by atoms with Crippen LogP contribution in [0.2, 0.25) is 0 Å². The van der Waals surface area contributed by atoms with Gasteiger partial charge in [0.2, 0.25) is 11.8 Å². The lowest BCUT2D eigenvalue weighted by molar-refractivity contribution is -0.137. The lowest BCUT2D eigenvalue weighted by Crippen LogP contribution is -2.45. The third-order valence-electron chi connectivity index (χ3n) is 3.78. The van der Waals surface area contributed by atoms with Gasteiger partial charge in [-0.1, -0.05) is 0 Å². The number of hydrogen-bond acceptors (Lipinski definition) is 7. The van der Waals surface area contributed by atoms with Crippen molar-refractivity contribution in [1.29, 1.82) is 0 Å². The Bertz CT molecular complexity index is 403. The van der Waals surface area contributed by atoms with Crippen LogP contribution in [0.4, 0.5) is 0 Å². The minimum atomic E-state index is -0.738. The number of hydrogen-bond donors (Lipinski definition) is 2. The molecule has 20 heavy (non-hydrogen) atoms. The SMILES string of the molecule is O=C1CCC(=O)N1CCSC1OC(CO)C2OC2C1O. The van der Waals surface area contributed by atoms with Gasteiger partial charge in [-0.25, -0.2) is 0 Å². The van der Waals surface area contributed by atoms with E-state index in [1.807, 2.05) is 0 Å². The van der Waals surface area contributed by atoms with Crippen molar-refractivity contribution >= 4 is 23.6 Å². The van der Waals surface area contributed by atoms with Gasteiger partial charge in [0, 0.05) is 25.1 Å². The number of rotatable bonds is 5. The molecule has 0 aromatic carbocycles. The van der Waals surface area contributed by atoms with Crippen LogP contribution < -0.4 is 0 Å². The Kier molecular flexibility index (Phi) is 4.00. The number of imide groups is 1. The summed E-state index contributed by atoms with van der Waals surface area (Å²) in [6.45, 7) is 0.182. The van der Waals surface area contributed by atoms with Crippen molar-refractivity contribution in [3.8, 4) is 0 Å². The first-order chi connectivity index (χ1) is 9.61. The number of thioether (sulfide) groups is 1. The number of amides is 2. The average Bonchev–Trinajstić information content (AvgIpc) is 3.18. The van der Waals surface area contributed by atoms with Crippen LogP contribution >= 0.6 is 11.8 Å². The highest BCUT2D eigenvalue weighted by atomic mass is 32.2. The van der Waals surface area contributed by atoms with E-state index in [1.54, 1.807) is 0 Å². The van der Waals surface area contributed by atoms with E-state index in [0.29, 0.717) is 12.3 Å². The van der Waals surface area contributed by atoms with E-state index in [2.05, 4.69) is 0 Å². The van der Waals surface area contributed by atoms with Crippen molar-refractivity contribution in [3.05, 3.63) is 0 Å². The van der Waals surface area contributed by atoms with Gasteiger partial charge >= 0.3 is 0 Å². The lowest BCUT2D eigenvalue weighted by atomic mass is 10.1. The highest BCUT2D eigenvalue weighted by molar-refractivity contribution is 7.99. The Morgan fingerprint density at radius 1 is 1.20 bits per heavy atom. The van der Waals surface area contributed by atoms with E-state index in [9.17, 15) is 14.7 Å². The molecule has 7 nitrogen and oxygen atoms in total. The zero-order valence-corrected chi connectivity index (χ0v) is 11.6. The van der Waals surface area contributed by atoms with E-state index < -0.39 is 17.6 Å². The topological polar surface area (TPSA) is 99.6 Å². The summed E-state index contributed by atoms with van der Waals surface area (Å²) in [5.74, 6) is 0.216. The van der Waals surface area contributed by atoms with E-state index in [0.717, 1.165) is 0 Å². The number of fused-ring (bicyclic) bond motifs is 1. The van der Waals surface area contributed by atoms with Crippen molar-refractivity contribution < 1.29 is 29.3 Å². The van der Waals surface area contributed by atoms with Gasteiger partial charge in [-0.3, -0.25) is 14.5 Å². The van der Waals surface area contributed by atoms with Crippen LogP contribution in [0, 0.1) is 0 Å². The van der Waals surface area contributed by atoms with Gasteiger partial charge in [0.05, 0.1) is 6.61 Å². The minimum Gasteiger partial charge on any atom is -0.394 e. The van der Waals surface area contributed by atoms with Crippen LogP contribution in [-0.4, -0.2) is 75.7 Å². The van der Waals surface area contributed by atoms with E-state index in [-0.39, 0.29) is 43.5 Å². The molecule has 3 fully saturated rings. The smallest absolute Gasteiger partial charge is 0.229 e. The largest absolute Gasteiger partial charge is 0.394 e. The quantitative estimate of drug-likeness (QED) is 0.482. The maximum Gasteiger partial charge on any atom is 0.229 e. The first kappa shape index (κ1) is 14.3. The maximum absolute atomic E-state index is 11.5. The summed E-state index contributed by atoms with van der Waals surface area (Å²) in [5, 5.41) is 19.2. The lowest BCUT2D eigenvalue weighted by Gasteiger charge is -2.30. The maximum atomic E-state index is 11.5. The number of aliphatic hydroxyl groups is 2. The van der Waals surface area contributed by atoms with E-state index >= 15 is 0 Å². The molecule has 3 saturated heterocycles. The number of nitrogens with zero attached hydrogens (tertiary/aromatic N) is 1. The van der Waals surface area contributed by atoms with Crippen molar-refractivity contribution in [2.45, 2.75) is 42.7 Å². The highest BCUT2D eigenvalue weighted by Gasteiger charge is 2.57. The zero-order valence-electron chi connectivity index (χ0n) is 10.8. The van der Waals surface area contributed by atoms with Crippen LogP contribution in [0.25, 0.3) is 0 Å². The molecular formula is C12H17NO6S. The van der Waals surface area contributed by atoms with Gasteiger partial charge in [-0.05, 0) is 0 Å². The molecule has 3 aliphatic heterocycles. The van der Waals surface area contributed by atoms with Crippen molar-refractivity contribution in [2.75, 3.05) is 18.9 Å². The number of carbonyl (C=O) groups is 2. The summed E-state index contributed by atoms with van der Waals surface area (Å²) >= 11 is 1.34. The third kappa shape index (κ3) is 2.58. The Hall–Kier alpha value is -0.670. The van der Waals surface area contributed by atoms with Gasteiger partial charge < -0.3 is 19.7 Å². The molecule has 5 unspecified atom stereocenters. The molecule has 0 spiro atoms. The van der Waals surface area contributed by atoms with Gasteiger partial charge in [-0.15, -0.1) is 11.8 Å². The van der Waals surface area contributed by atoms with Gasteiger partial charge in [-0.2, -0.15) is 0 Å². The van der Waals surface area contributed by atoms with Crippen LogP contribution in [-0.2, 0) is 19.1 Å². The Labute approximate surface area is 120 Å². The summed E-state index contributed by atoms with van der Waals surface area (Å²) in [6, 6.07) is 0. The first-order valence-electron chi connectivity index (χ1n) is 6.66. The Balaban J connectivity index is 1.48. The predicted octanol–water partition coefficient (Wildman–Crippen LogP) is -1.29. The number of ether oxygens (including phenoxy) is 2. The molecule has 2 amide bonds. The van der Waals surface area contributed by atoms with Crippen molar-refractivity contribution in [3.63, 3.8) is 0 Å². The predicted molar refractivity (Wildman–Crippen MR) is 68.8 cm³/mol. The fourth-order valence-corrected chi connectivity index (χ4v) is 3.71. The highest BCUT2D eigenvalue weighted by Crippen LogP contribution is 2.40. The second-order valence-corrected chi connectivity index (χ2v) is 6.30. The van der Waals surface area contributed by atoms with Crippen molar-refractivity contribution in [1.82, 2.24) is 4.90 Å². The van der Waals surface area contributed by atoms with Gasteiger partial charge in [0.15, 0.2) is 0 Å². The Morgan fingerprint density at radius 3 is 2.55 bits per heavy atom. The summed E-state index contributed by atoms with van der Waals surface area (Å²) in [4.78, 5) is 24.2. The molecule has 0 aromatic heterocycles. The molecule has 8 heteroatoms. The van der Waals surface area contributed by atoms with Crippen LogP contribution in [0.5, 0.6) is 0 Å². The molecule has 3 rings (SSSR count). The molecule has 0 aromatic rings. The summed E-state index contributed by atoms with van der Waals surface area (Å²) in [6.07, 6.45) is -1.05. The fourth-order valence-electron chi connectivity index (χ4n) is 2.61. The summed E-state index contributed by atoms with van der Waals surface area (Å²) < 4.78 is 10.8. The third-order valence-corrected chi connectivity index (χ3v) is 4.92. The fraction of sp³-hybridized carbons (Fsp3) is 0.833. The number of carbonyl (C=O) groups excluding carboxylic acids is 2. The molecule has 112 valence electrons. The normalized spacial score (nSPS) is 40.1. The zero-order chi connectivity index (χ0) is 14.3. The molecule has 0 bridgehead atoms. The second-order valence-electron chi connectivity index (χ2n) is 5.09. The molecule has 0 saturated carbocycles. The van der Waals surface area contributed by atoms with E-state index in [1.165, 1.54) is 16.7 Å². The second kappa shape index (κ2) is 5.61. The molecule has 3 heterocycles. The van der Waals surface area contributed by atoms with Gasteiger partial charge in [0.1, 0.15) is 29.9 Å². The monoisotopic (exact) mass is 303 g/mol. The molecule has 0 aliphatic carbocycles. The summed E-state index contributed by atoms with van der Waals surface area (Å²) in [5.41, 5.74) is -0.497. The average molecular weight is 303 g/mol. The number of likely N-dealkylation sites (tertiary alicyclic amines) is 1. The molecule has 0 radical (unpaired) electrons. The molecule has 5 atom stereocenters. The van der Waals surface area contributed by atoms with Crippen LogP contribution in [0.3, 0.4) is 0 Å². The Morgan fingerprint density at radius 2 is 1.90 bits per heavy atom. The minimum absolute atomic E-state index is 0.139. The summed E-state index contributed by atoms with van der Waals surface area (Å²) in [7, 11) is 0. The van der Waals surface area contributed by atoms with Gasteiger partial charge in [0.25, 0.3) is 0 Å². The van der Waals surface area contributed by atoms with Crippen LogP contribution in [0.15, 0.2) is 0 Å². The van der Waals surface area contributed by atoms with Crippen molar-refractivity contribution in [2.24, 2.45) is 0 Å². The molecule has 3 aliphatic rings. The standard InChI is InChI=1S/C12H17NO6S/c14-5-6-10-11(19-10)9(17)12(18-6)20-4-3-13-7(15)1-2-8(13)16/h6,9-12,14,17H,1-5H2. The molecular weight excluding hydrogens is 286 g/mol. The number of epoxide rings is 1. The van der Waals surface area contributed by atoms with Crippen LogP contribution in [0.1, 0.15) is 12.8 Å². The van der Waals surface area contributed by atoms with E-state index in [4.69, 9.17) is 14.6 Å². The number of aliphatic hydroxyl groups excluding tert-OH is 2. The first-order valence-corrected chi connectivity index (χ1v) is 7.71. The molecule has 2 N–H and O–H groups in total.